The van der Waals surface area contributed by atoms with Crippen molar-refractivity contribution >= 4 is 31.5 Å². The highest BCUT2D eigenvalue weighted by molar-refractivity contribution is 7.92. The van der Waals surface area contributed by atoms with E-state index < -0.39 is 31.0 Å². The minimum absolute atomic E-state index is 0.0753. The molecule has 1 amide bonds. The molecule has 7 nitrogen and oxygen atoms in total. The number of sulfonamides is 1. The zero-order valence-electron chi connectivity index (χ0n) is 14.6. The summed E-state index contributed by atoms with van der Waals surface area (Å²) in [6.07, 6.45) is 0. The summed E-state index contributed by atoms with van der Waals surface area (Å²) in [4.78, 5) is 12.4. The van der Waals surface area contributed by atoms with Crippen LogP contribution in [0.15, 0.2) is 52.3 Å². The van der Waals surface area contributed by atoms with Crippen molar-refractivity contribution in [3.63, 3.8) is 0 Å². The quantitative estimate of drug-likeness (QED) is 0.801. The summed E-state index contributed by atoms with van der Waals surface area (Å²) in [5.74, 6) is -0.497. The van der Waals surface area contributed by atoms with Crippen LogP contribution < -0.4 is 10.5 Å². The van der Waals surface area contributed by atoms with E-state index in [2.05, 4.69) is 5.32 Å². The lowest BCUT2D eigenvalue weighted by Crippen LogP contribution is -2.16. The second-order valence-electron chi connectivity index (χ2n) is 6.10. The highest BCUT2D eigenvalue weighted by atomic mass is 32.2. The minimum atomic E-state index is -3.90. The molecule has 0 radical (unpaired) electrons. The number of anilines is 1. The van der Waals surface area contributed by atoms with Crippen LogP contribution in [0.3, 0.4) is 0 Å². The standard InChI is InChI=1S/C17H20N2O5S2/c1-11(2)25(21,22)15-8-5-13(6-9-15)17(20)19-14-7-4-12(3)16(10-14)26(18,23)24/h4-11H,1-3H3,(H,19,20)(H2,18,23,24). The first kappa shape index (κ1) is 20.1. The molecule has 0 saturated heterocycles. The number of aryl methyl sites for hydroxylation is 1. The lowest BCUT2D eigenvalue weighted by Gasteiger charge is -2.10. The second-order valence-corrected chi connectivity index (χ2v) is 10.1. The van der Waals surface area contributed by atoms with E-state index in [9.17, 15) is 21.6 Å². The summed E-state index contributed by atoms with van der Waals surface area (Å²) in [5, 5.41) is 7.16. The number of hydrogen-bond acceptors (Lipinski definition) is 5. The number of hydrogen-bond donors (Lipinski definition) is 2. The van der Waals surface area contributed by atoms with E-state index in [-0.39, 0.29) is 21.0 Å². The van der Waals surface area contributed by atoms with Crippen molar-refractivity contribution in [2.75, 3.05) is 5.32 Å². The van der Waals surface area contributed by atoms with Gasteiger partial charge in [0, 0.05) is 11.3 Å². The van der Waals surface area contributed by atoms with Gasteiger partial charge in [0.1, 0.15) is 0 Å². The number of primary sulfonamides is 1. The summed E-state index contributed by atoms with van der Waals surface area (Å²) < 4.78 is 47.3. The summed E-state index contributed by atoms with van der Waals surface area (Å²) >= 11 is 0. The third-order valence-corrected chi connectivity index (χ3v) is 7.04. The number of benzene rings is 2. The van der Waals surface area contributed by atoms with Gasteiger partial charge in [0.15, 0.2) is 9.84 Å². The Morgan fingerprint density at radius 2 is 1.58 bits per heavy atom. The molecule has 0 spiro atoms. The van der Waals surface area contributed by atoms with Crippen LogP contribution in [0.1, 0.15) is 29.8 Å². The molecule has 2 rings (SSSR count). The summed E-state index contributed by atoms with van der Waals surface area (Å²) in [7, 11) is -7.32. The van der Waals surface area contributed by atoms with Crippen molar-refractivity contribution in [2.24, 2.45) is 5.14 Å². The molecule has 0 atom stereocenters. The predicted octanol–water partition coefficient (Wildman–Crippen LogP) is 2.08. The molecule has 2 aromatic rings. The van der Waals surface area contributed by atoms with Gasteiger partial charge < -0.3 is 5.32 Å². The number of nitrogens with two attached hydrogens (primary N) is 1. The van der Waals surface area contributed by atoms with Crippen LogP contribution in [-0.2, 0) is 19.9 Å². The Kier molecular flexibility index (Phi) is 5.55. The largest absolute Gasteiger partial charge is 0.322 e. The van der Waals surface area contributed by atoms with Gasteiger partial charge >= 0.3 is 0 Å². The van der Waals surface area contributed by atoms with Crippen molar-refractivity contribution in [1.82, 2.24) is 0 Å². The maximum atomic E-state index is 12.3. The average Bonchev–Trinajstić information content (AvgIpc) is 2.55. The third kappa shape index (κ3) is 4.29. The van der Waals surface area contributed by atoms with Crippen molar-refractivity contribution in [3.05, 3.63) is 53.6 Å². The number of carbonyl (C=O) groups excluding carboxylic acids is 1. The van der Waals surface area contributed by atoms with Crippen molar-refractivity contribution in [2.45, 2.75) is 35.8 Å². The molecule has 0 aromatic heterocycles. The molecule has 0 unspecified atom stereocenters. The fourth-order valence-electron chi connectivity index (χ4n) is 2.26. The maximum Gasteiger partial charge on any atom is 0.255 e. The van der Waals surface area contributed by atoms with E-state index in [1.165, 1.54) is 36.4 Å². The topological polar surface area (TPSA) is 123 Å². The van der Waals surface area contributed by atoms with Gasteiger partial charge in [0.05, 0.1) is 15.0 Å². The van der Waals surface area contributed by atoms with Gasteiger partial charge in [0.25, 0.3) is 5.91 Å². The zero-order valence-corrected chi connectivity index (χ0v) is 16.2. The van der Waals surface area contributed by atoms with E-state index in [4.69, 9.17) is 5.14 Å². The number of rotatable bonds is 5. The van der Waals surface area contributed by atoms with E-state index in [0.717, 1.165) is 0 Å². The molecule has 0 saturated carbocycles. The zero-order chi connectivity index (χ0) is 19.7. The SMILES string of the molecule is Cc1ccc(NC(=O)c2ccc(S(=O)(=O)C(C)C)cc2)cc1S(N)(=O)=O. The molecule has 0 heterocycles. The number of nitrogens with one attached hydrogen (secondary N) is 1. The van der Waals surface area contributed by atoms with Crippen LogP contribution in [0.4, 0.5) is 5.69 Å². The summed E-state index contributed by atoms with van der Waals surface area (Å²) in [6.45, 7) is 4.76. The van der Waals surface area contributed by atoms with Crippen LogP contribution in [0.5, 0.6) is 0 Å². The predicted molar refractivity (Wildman–Crippen MR) is 99.3 cm³/mol. The number of amides is 1. The highest BCUT2D eigenvalue weighted by Crippen LogP contribution is 2.20. The molecular formula is C17H20N2O5S2. The fraction of sp³-hybridized carbons (Fsp3) is 0.235. The Hall–Kier alpha value is -2.23. The Labute approximate surface area is 153 Å². The number of carbonyl (C=O) groups is 1. The van der Waals surface area contributed by atoms with Crippen LogP contribution in [0.25, 0.3) is 0 Å². The maximum absolute atomic E-state index is 12.3. The lowest BCUT2D eigenvalue weighted by atomic mass is 10.2. The van der Waals surface area contributed by atoms with Crippen LogP contribution in [0.2, 0.25) is 0 Å². The van der Waals surface area contributed by atoms with Gasteiger partial charge in [-0.3, -0.25) is 4.79 Å². The molecule has 140 valence electrons. The van der Waals surface area contributed by atoms with Gasteiger partial charge in [-0.1, -0.05) is 6.07 Å². The van der Waals surface area contributed by atoms with E-state index in [1.807, 2.05) is 0 Å². The van der Waals surface area contributed by atoms with Gasteiger partial charge in [-0.25, -0.2) is 22.0 Å². The van der Waals surface area contributed by atoms with Crippen molar-refractivity contribution < 1.29 is 21.6 Å². The molecule has 9 heteroatoms. The van der Waals surface area contributed by atoms with Crippen molar-refractivity contribution in [3.8, 4) is 0 Å². The molecule has 2 aromatic carbocycles. The lowest BCUT2D eigenvalue weighted by molar-refractivity contribution is 0.102. The minimum Gasteiger partial charge on any atom is -0.322 e. The fourth-order valence-corrected chi connectivity index (χ4v) is 4.12. The second kappa shape index (κ2) is 7.18. The number of sulfone groups is 1. The molecule has 0 aliphatic heterocycles. The molecular weight excluding hydrogens is 376 g/mol. The van der Waals surface area contributed by atoms with Crippen LogP contribution in [-0.4, -0.2) is 28.0 Å². The van der Waals surface area contributed by atoms with Gasteiger partial charge in [-0.2, -0.15) is 0 Å². The molecule has 3 N–H and O–H groups in total. The van der Waals surface area contributed by atoms with Crippen LogP contribution >= 0.6 is 0 Å². The monoisotopic (exact) mass is 396 g/mol. The highest BCUT2D eigenvalue weighted by Gasteiger charge is 2.19. The van der Waals surface area contributed by atoms with E-state index in [0.29, 0.717) is 5.56 Å². The molecule has 0 aliphatic rings. The first-order valence-corrected chi connectivity index (χ1v) is 10.8. The molecule has 0 aliphatic carbocycles. The van der Waals surface area contributed by atoms with Crippen molar-refractivity contribution in [1.29, 1.82) is 0 Å². The van der Waals surface area contributed by atoms with E-state index >= 15 is 0 Å². The smallest absolute Gasteiger partial charge is 0.255 e. The molecule has 0 bridgehead atoms. The summed E-state index contributed by atoms with van der Waals surface area (Å²) in [6, 6.07) is 9.91. The first-order chi connectivity index (χ1) is 11.9. The van der Waals surface area contributed by atoms with Gasteiger partial charge in [0.2, 0.25) is 10.0 Å². The Morgan fingerprint density at radius 3 is 2.08 bits per heavy atom. The van der Waals surface area contributed by atoms with Gasteiger partial charge in [-0.05, 0) is 62.7 Å². The van der Waals surface area contributed by atoms with Gasteiger partial charge in [-0.15, -0.1) is 0 Å². The normalized spacial score (nSPS) is 12.2. The van der Waals surface area contributed by atoms with Crippen LogP contribution in [0, 0.1) is 6.92 Å². The first-order valence-electron chi connectivity index (χ1n) is 7.71. The Bertz CT molecular complexity index is 1040. The summed E-state index contributed by atoms with van der Waals surface area (Å²) in [5.41, 5.74) is 0.975. The molecule has 26 heavy (non-hydrogen) atoms. The average molecular weight is 396 g/mol. The molecule has 0 fully saturated rings. The van der Waals surface area contributed by atoms with E-state index in [1.54, 1.807) is 26.8 Å². The third-order valence-electron chi connectivity index (χ3n) is 3.82. The Balaban J connectivity index is 2.26. The Morgan fingerprint density at radius 1 is 1.00 bits per heavy atom.